The summed E-state index contributed by atoms with van der Waals surface area (Å²) in [7, 11) is -3.23. The standard InChI is InChI=1S/C14H17NO7S/c1-21-13(16)12-7-11(23(18,19)20)8-15(12)14(17)22-9-10-5-3-2-4-6-10/h2-6,11-12H,7-9H2,1H3,(H,18,19,20)/t11-,12+/m1/s1. The van der Waals surface area contributed by atoms with Crippen molar-refractivity contribution < 1.29 is 32.0 Å². The van der Waals surface area contributed by atoms with Crippen LogP contribution in [0.15, 0.2) is 30.3 Å². The number of nitrogens with zero attached hydrogens (tertiary/aromatic N) is 1. The van der Waals surface area contributed by atoms with Crippen LogP contribution in [0.3, 0.4) is 0 Å². The fourth-order valence-electron chi connectivity index (χ4n) is 2.38. The quantitative estimate of drug-likeness (QED) is 0.637. The molecule has 2 atom stereocenters. The molecule has 8 nitrogen and oxygen atoms in total. The highest BCUT2D eigenvalue weighted by atomic mass is 32.2. The van der Waals surface area contributed by atoms with Gasteiger partial charge in [-0.3, -0.25) is 9.45 Å². The summed E-state index contributed by atoms with van der Waals surface area (Å²) >= 11 is 0. The Labute approximate surface area is 133 Å². The molecule has 2 rings (SSSR count). The third-order valence-electron chi connectivity index (χ3n) is 3.60. The highest BCUT2D eigenvalue weighted by molar-refractivity contribution is 7.86. The summed E-state index contributed by atoms with van der Waals surface area (Å²) in [5.74, 6) is -0.757. The van der Waals surface area contributed by atoms with E-state index in [1.54, 1.807) is 24.3 Å². The van der Waals surface area contributed by atoms with Crippen LogP contribution in [0.25, 0.3) is 0 Å². The van der Waals surface area contributed by atoms with E-state index in [0.717, 1.165) is 17.6 Å². The number of hydrogen-bond acceptors (Lipinski definition) is 6. The van der Waals surface area contributed by atoms with Crippen molar-refractivity contribution in [2.75, 3.05) is 13.7 Å². The Morgan fingerprint density at radius 3 is 2.52 bits per heavy atom. The molecule has 1 fully saturated rings. The van der Waals surface area contributed by atoms with Crippen LogP contribution >= 0.6 is 0 Å². The van der Waals surface area contributed by atoms with Crippen molar-refractivity contribution in [2.24, 2.45) is 0 Å². The second kappa shape index (κ2) is 6.97. The van der Waals surface area contributed by atoms with E-state index in [4.69, 9.17) is 9.29 Å². The second-order valence-electron chi connectivity index (χ2n) is 5.10. The van der Waals surface area contributed by atoms with E-state index in [0.29, 0.717) is 0 Å². The molecule has 1 aliphatic heterocycles. The van der Waals surface area contributed by atoms with Crippen LogP contribution in [0.2, 0.25) is 0 Å². The lowest BCUT2D eigenvalue weighted by molar-refractivity contribution is -0.145. The van der Waals surface area contributed by atoms with Crippen molar-refractivity contribution in [3.05, 3.63) is 35.9 Å². The fourth-order valence-corrected chi connectivity index (χ4v) is 3.15. The van der Waals surface area contributed by atoms with Crippen molar-refractivity contribution >= 4 is 22.2 Å². The lowest BCUT2D eigenvalue weighted by Gasteiger charge is -2.21. The summed E-state index contributed by atoms with van der Waals surface area (Å²) in [5.41, 5.74) is 0.751. The number of rotatable bonds is 4. The van der Waals surface area contributed by atoms with Gasteiger partial charge in [-0.05, 0) is 12.0 Å². The van der Waals surface area contributed by atoms with Gasteiger partial charge in [-0.15, -0.1) is 0 Å². The zero-order valence-electron chi connectivity index (χ0n) is 12.4. The van der Waals surface area contributed by atoms with Crippen molar-refractivity contribution in [1.29, 1.82) is 0 Å². The van der Waals surface area contributed by atoms with Gasteiger partial charge in [-0.2, -0.15) is 8.42 Å². The van der Waals surface area contributed by atoms with Gasteiger partial charge in [0.25, 0.3) is 10.1 Å². The van der Waals surface area contributed by atoms with Crippen LogP contribution in [-0.2, 0) is 31.0 Å². The molecule has 1 heterocycles. The minimum atomic E-state index is -4.37. The first kappa shape index (κ1) is 17.2. The van der Waals surface area contributed by atoms with Gasteiger partial charge < -0.3 is 9.47 Å². The van der Waals surface area contributed by atoms with Gasteiger partial charge in [-0.1, -0.05) is 30.3 Å². The van der Waals surface area contributed by atoms with Gasteiger partial charge in [-0.25, -0.2) is 9.59 Å². The maximum atomic E-state index is 12.1. The lowest BCUT2D eigenvalue weighted by Crippen LogP contribution is -2.41. The van der Waals surface area contributed by atoms with Gasteiger partial charge in [0.1, 0.15) is 17.9 Å². The number of methoxy groups -OCH3 is 1. The number of hydrogen-bond donors (Lipinski definition) is 1. The molecule has 126 valence electrons. The van der Waals surface area contributed by atoms with Crippen LogP contribution in [0.1, 0.15) is 12.0 Å². The molecule has 1 saturated heterocycles. The predicted molar refractivity (Wildman–Crippen MR) is 79.1 cm³/mol. The minimum Gasteiger partial charge on any atom is -0.467 e. The molecule has 1 N–H and O–H groups in total. The topological polar surface area (TPSA) is 110 Å². The summed E-state index contributed by atoms with van der Waals surface area (Å²) in [6, 6.07) is 7.80. The number of likely N-dealkylation sites (tertiary alicyclic amines) is 1. The smallest absolute Gasteiger partial charge is 0.410 e. The van der Waals surface area contributed by atoms with Gasteiger partial charge in [0, 0.05) is 6.54 Å². The maximum Gasteiger partial charge on any atom is 0.410 e. The summed E-state index contributed by atoms with van der Waals surface area (Å²) in [5, 5.41) is -1.24. The third-order valence-corrected chi connectivity index (χ3v) is 4.78. The molecule has 0 unspecified atom stereocenters. The zero-order valence-corrected chi connectivity index (χ0v) is 13.2. The zero-order chi connectivity index (χ0) is 17.0. The molecule has 23 heavy (non-hydrogen) atoms. The SMILES string of the molecule is COC(=O)[C@@H]1C[C@@H](S(=O)(=O)O)CN1C(=O)OCc1ccccc1. The molecule has 9 heteroatoms. The van der Waals surface area contributed by atoms with Crippen molar-refractivity contribution in [3.8, 4) is 0 Å². The Hall–Kier alpha value is -2.13. The molecule has 1 aromatic carbocycles. The molecule has 0 saturated carbocycles. The Bertz CT molecular complexity index is 674. The first-order valence-corrected chi connectivity index (χ1v) is 8.34. The number of esters is 1. The highest BCUT2D eigenvalue weighted by Crippen LogP contribution is 2.25. The first-order valence-electron chi connectivity index (χ1n) is 6.84. The van der Waals surface area contributed by atoms with Crippen molar-refractivity contribution in [3.63, 3.8) is 0 Å². The van der Waals surface area contributed by atoms with E-state index in [9.17, 15) is 18.0 Å². The average Bonchev–Trinajstić information content (AvgIpc) is 2.98. The molecule has 0 bridgehead atoms. The molecule has 0 radical (unpaired) electrons. The van der Waals surface area contributed by atoms with E-state index in [-0.39, 0.29) is 19.6 Å². The summed E-state index contributed by atoms with van der Waals surface area (Å²) in [6.45, 7) is -0.340. The highest BCUT2D eigenvalue weighted by Gasteiger charge is 2.45. The van der Waals surface area contributed by atoms with E-state index in [2.05, 4.69) is 4.74 Å². The Morgan fingerprint density at radius 1 is 1.30 bits per heavy atom. The summed E-state index contributed by atoms with van der Waals surface area (Å²) in [4.78, 5) is 24.8. The van der Waals surface area contributed by atoms with Gasteiger partial charge in [0.2, 0.25) is 0 Å². The normalized spacial score (nSPS) is 21.0. The number of amides is 1. The summed E-state index contributed by atoms with van der Waals surface area (Å²) < 4.78 is 41.3. The number of ether oxygens (including phenoxy) is 2. The molecule has 0 aromatic heterocycles. The van der Waals surface area contributed by atoms with Gasteiger partial charge in [0.15, 0.2) is 0 Å². The average molecular weight is 343 g/mol. The van der Waals surface area contributed by atoms with Crippen molar-refractivity contribution in [1.82, 2.24) is 4.90 Å². The monoisotopic (exact) mass is 343 g/mol. The van der Waals surface area contributed by atoms with Gasteiger partial charge >= 0.3 is 12.1 Å². The van der Waals surface area contributed by atoms with Crippen LogP contribution in [0.5, 0.6) is 0 Å². The molecule has 1 amide bonds. The van der Waals surface area contributed by atoms with Crippen LogP contribution < -0.4 is 0 Å². The van der Waals surface area contributed by atoms with Gasteiger partial charge in [0.05, 0.1) is 7.11 Å². The summed E-state index contributed by atoms with van der Waals surface area (Å²) in [6.07, 6.45) is -1.07. The molecule has 1 aromatic rings. The minimum absolute atomic E-state index is 0.0133. The molecular weight excluding hydrogens is 326 g/mol. The van der Waals surface area contributed by atoms with Crippen LogP contribution in [0.4, 0.5) is 4.79 Å². The molecular formula is C14H17NO7S. The third kappa shape index (κ3) is 4.20. The number of benzene rings is 1. The molecule has 0 spiro atoms. The van der Waals surface area contributed by atoms with E-state index in [1.807, 2.05) is 6.07 Å². The van der Waals surface area contributed by atoms with Crippen molar-refractivity contribution in [2.45, 2.75) is 24.3 Å². The first-order chi connectivity index (χ1) is 10.8. The Balaban J connectivity index is 2.07. The van der Waals surface area contributed by atoms with E-state index in [1.165, 1.54) is 0 Å². The van der Waals surface area contributed by atoms with E-state index < -0.39 is 33.5 Å². The lowest BCUT2D eigenvalue weighted by atomic mass is 10.2. The largest absolute Gasteiger partial charge is 0.467 e. The van der Waals surface area contributed by atoms with Crippen LogP contribution in [0, 0.1) is 0 Å². The number of carbonyl (C=O) groups excluding carboxylic acids is 2. The van der Waals surface area contributed by atoms with E-state index >= 15 is 0 Å². The fraction of sp³-hybridized carbons (Fsp3) is 0.429. The van der Waals surface area contributed by atoms with Crippen LogP contribution in [-0.4, -0.2) is 54.9 Å². The maximum absolute atomic E-state index is 12.1. The second-order valence-corrected chi connectivity index (χ2v) is 6.80. The predicted octanol–water partition coefficient (Wildman–Crippen LogP) is 0.827. The molecule has 1 aliphatic rings. The molecule has 0 aliphatic carbocycles. The Morgan fingerprint density at radius 2 is 1.96 bits per heavy atom. The Kier molecular flexibility index (Phi) is 5.22. The number of carbonyl (C=O) groups is 2.